The predicted octanol–water partition coefficient (Wildman–Crippen LogP) is 3.37. The Morgan fingerprint density at radius 2 is 1.79 bits per heavy atom. The molecule has 106 valence electrons. The van der Waals surface area contributed by atoms with Gasteiger partial charge in [-0.05, 0) is 31.0 Å². The number of carbonyl (C=O) groups is 1. The van der Waals surface area contributed by atoms with Crippen LogP contribution in [0.15, 0.2) is 12.1 Å². The summed E-state index contributed by atoms with van der Waals surface area (Å²) in [5.41, 5.74) is 3.47. The molecule has 0 radical (unpaired) electrons. The molecule has 0 saturated heterocycles. The van der Waals surface area contributed by atoms with E-state index >= 15 is 0 Å². The molecule has 0 aliphatic heterocycles. The molecule has 0 bridgehead atoms. The van der Waals surface area contributed by atoms with E-state index in [0.29, 0.717) is 30.4 Å². The number of halogens is 2. The van der Waals surface area contributed by atoms with Crippen molar-refractivity contribution in [1.82, 2.24) is 0 Å². The number of anilines is 1. The van der Waals surface area contributed by atoms with Crippen molar-refractivity contribution in [3.05, 3.63) is 28.8 Å². The molecule has 1 aromatic rings. The molecule has 0 aliphatic rings. The lowest BCUT2D eigenvalue weighted by Crippen LogP contribution is -2.30. The van der Waals surface area contributed by atoms with Crippen LogP contribution in [-0.2, 0) is 4.74 Å². The zero-order chi connectivity index (χ0) is 14.4. The van der Waals surface area contributed by atoms with E-state index in [2.05, 4.69) is 0 Å². The smallest absolute Gasteiger partial charge is 0.339 e. The fraction of sp³-hybridized carbons (Fsp3) is 0.500. The number of rotatable bonds is 6. The Bertz CT molecular complexity index is 443. The summed E-state index contributed by atoms with van der Waals surface area (Å²) >= 11 is 11.7. The molecule has 0 unspecified atom stereocenters. The Hall–Kier alpha value is -0.930. The van der Waals surface area contributed by atoms with Crippen LogP contribution in [-0.4, -0.2) is 37.9 Å². The summed E-state index contributed by atoms with van der Waals surface area (Å²) in [5.74, 6) is 0.617. The Morgan fingerprint density at radius 3 is 2.26 bits per heavy atom. The first-order valence-electron chi connectivity index (χ1n) is 6.11. The fourth-order valence-electron chi connectivity index (χ4n) is 2.18. The maximum Gasteiger partial charge on any atom is 0.339 e. The van der Waals surface area contributed by atoms with Gasteiger partial charge in [0.25, 0.3) is 0 Å². The van der Waals surface area contributed by atoms with Gasteiger partial charge in [-0.15, -0.1) is 23.2 Å². The number of nitrogens with zero attached hydrogens (tertiary/aromatic N) is 1. The minimum atomic E-state index is -0.337. The maximum absolute atomic E-state index is 11.9. The highest BCUT2D eigenvalue weighted by Gasteiger charge is 2.19. The molecule has 1 aromatic carbocycles. The maximum atomic E-state index is 11.9. The standard InChI is InChI=1S/C14H19Cl2NO2/c1-10-8-11(2)13(12(9-10)14(18)19-3)17(6-4-15)7-5-16/h8-9H,4-7H2,1-3H3. The van der Waals surface area contributed by atoms with Gasteiger partial charge in [-0.2, -0.15) is 0 Å². The van der Waals surface area contributed by atoms with Crippen LogP contribution in [0.4, 0.5) is 5.69 Å². The van der Waals surface area contributed by atoms with Gasteiger partial charge in [0.15, 0.2) is 0 Å². The van der Waals surface area contributed by atoms with E-state index in [1.165, 1.54) is 7.11 Å². The molecule has 0 fully saturated rings. The molecule has 1 rings (SSSR count). The molecule has 0 amide bonds. The van der Waals surface area contributed by atoms with Crippen molar-refractivity contribution >= 4 is 34.9 Å². The highest BCUT2D eigenvalue weighted by atomic mass is 35.5. The lowest BCUT2D eigenvalue weighted by molar-refractivity contribution is 0.0601. The van der Waals surface area contributed by atoms with Crippen molar-refractivity contribution < 1.29 is 9.53 Å². The number of alkyl halides is 2. The number of benzene rings is 1. The van der Waals surface area contributed by atoms with Crippen LogP contribution in [0, 0.1) is 13.8 Å². The largest absolute Gasteiger partial charge is 0.465 e. The van der Waals surface area contributed by atoms with Crippen LogP contribution in [0.2, 0.25) is 0 Å². The third kappa shape index (κ3) is 4.02. The third-order valence-electron chi connectivity index (χ3n) is 2.88. The number of aryl methyl sites for hydroxylation is 2. The van der Waals surface area contributed by atoms with E-state index in [9.17, 15) is 4.79 Å². The molecule has 3 nitrogen and oxygen atoms in total. The van der Waals surface area contributed by atoms with Gasteiger partial charge in [-0.3, -0.25) is 0 Å². The number of carbonyl (C=O) groups excluding carboxylic acids is 1. The number of hydrogen-bond acceptors (Lipinski definition) is 3. The molecule has 0 aliphatic carbocycles. The molecule has 0 atom stereocenters. The van der Waals surface area contributed by atoms with Gasteiger partial charge in [-0.1, -0.05) is 6.07 Å². The monoisotopic (exact) mass is 303 g/mol. The molecule has 5 heteroatoms. The average Bonchev–Trinajstić information content (AvgIpc) is 2.37. The van der Waals surface area contributed by atoms with Crippen LogP contribution in [0.3, 0.4) is 0 Å². The van der Waals surface area contributed by atoms with Gasteiger partial charge in [0, 0.05) is 24.8 Å². The van der Waals surface area contributed by atoms with Gasteiger partial charge < -0.3 is 9.64 Å². The number of ether oxygens (including phenoxy) is 1. The molecular weight excluding hydrogens is 285 g/mol. The van der Waals surface area contributed by atoms with Gasteiger partial charge in [0.2, 0.25) is 0 Å². The molecule has 0 heterocycles. The number of methoxy groups -OCH3 is 1. The van der Waals surface area contributed by atoms with Gasteiger partial charge in [-0.25, -0.2) is 4.79 Å². The van der Waals surface area contributed by atoms with Crippen molar-refractivity contribution in [2.45, 2.75) is 13.8 Å². The molecule has 0 spiro atoms. The van der Waals surface area contributed by atoms with E-state index in [1.807, 2.05) is 30.9 Å². The lowest BCUT2D eigenvalue weighted by atomic mass is 10.0. The van der Waals surface area contributed by atoms with Crippen LogP contribution in [0.1, 0.15) is 21.5 Å². The zero-order valence-corrected chi connectivity index (χ0v) is 13.0. The average molecular weight is 304 g/mol. The first kappa shape index (κ1) is 16.1. The first-order chi connectivity index (χ1) is 9.04. The minimum Gasteiger partial charge on any atom is -0.465 e. The molecule has 0 N–H and O–H groups in total. The first-order valence-corrected chi connectivity index (χ1v) is 7.18. The van der Waals surface area contributed by atoms with Crippen molar-refractivity contribution in [2.24, 2.45) is 0 Å². The quantitative estimate of drug-likeness (QED) is 0.596. The van der Waals surface area contributed by atoms with Crippen LogP contribution >= 0.6 is 23.2 Å². The van der Waals surface area contributed by atoms with Crippen molar-refractivity contribution in [3.8, 4) is 0 Å². The highest BCUT2D eigenvalue weighted by molar-refractivity contribution is 6.18. The number of hydrogen-bond donors (Lipinski definition) is 0. The van der Waals surface area contributed by atoms with E-state index in [4.69, 9.17) is 27.9 Å². The Kier molecular flexibility index (Phi) is 6.46. The van der Waals surface area contributed by atoms with Gasteiger partial charge >= 0.3 is 5.97 Å². The Morgan fingerprint density at radius 1 is 1.21 bits per heavy atom. The summed E-state index contributed by atoms with van der Waals surface area (Å²) in [6.45, 7) is 5.21. The van der Waals surface area contributed by atoms with E-state index in [-0.39, 0.29) is 5.97 Å². The fourth-order valence-corrected chi connectivity index (χ4v) is 2.59. The normalized spacial score (nSPS) is 10.4. The van der Waals surface area contributed by atoms with Crippen LogP contribution in [0.25, 0.3) is 0 Å². The van der Waals surface area contributed by atoms with Crippen molar-refractivity contribution in [1.29, 1.82) is 0 Å². The Labute approximate surface area is 124 Å². The van der Waals surface area contributed by atoms with Gasteiger partial charge in [0.05, 0.1) is 18.4 Å². The second-order valence-electron chi connectivity index (χ2n) is 4.33. The zero-order valence-electron chi connectivity index (χ0n) is 11.5. The Balaban J connectivity index is 3.32. The van der Waals surface area contributed by atoms with Crippen molar-refractivity contribution in [2.75, 3.05) is 36.9 Å². The van der Waals surface area contributed by atoms with Gasteiger partial charge in [0.1, 0.15) is 0 Å². The molecule has 19 heavy (non-hydrogen) atoms. The second-order valence-corrected chi connectivity index (χ2v) is 5.09. The summed E-state index contributed by atoms with van der Waals surface area (Å²) in [6, 6.07) is 3.88. The van der Waals surface area contributed by atoms with Crippen LogP contribution < -0.4 is 4.90 Å². The predicted molar refractivity (Wildman–Crippen MR) is 80.9 cm³/mol. The molecular formula is C14H19Cl2NO2. The summed E-state index contributed by atoms with van der Waals surface area (Å²) in [7, 11) is 1.39. The van der Waals surface area contributed by atoms with Crippen LogP contribution in [0.5, 0.6) is 0 Å². The second kappa shape index (κ2) is 7.61. The SMILES string of the molecule is COC(=O)c1cc(C)cc(C)c1N(CCCl)CCCl. The summed E-state index contributed by atoms with van der Waals surface area (Å²) in [4.78, 5) is 14.0. The summed E-state index contributed by atoms with van der Waals surface area (Å²) in [5, 5.41) is 0. The number of esters is 1. The summed E-state index contributed by atoms with van der Waals surface area (Å²) in [6.07, 6.45) is 0. The van der Waals surface area contributed by atoms with E-state index < -0.39 is 0 Å². The van der Waals surface area contributed by atoms with Crippen molar-refractivity contribution in [3.63, 3.8) is 0 Å². The highest BCUT2D eigenvalue weighted by Crippen LogP contribution is 2.27. The van der Waals surface area contributed by atoms with E-state index in [0.717, 1.165) is 16.8 Å². The summed E-state index contributed by atoms with van der Waals surface area (Å²) < 4.78 is 4.86. The minimum absolute atomic E-state index is 0.337. The topological polar surface area (TPSA) is 29.5 Å². The molecule has 0 saturated carbocycles. The molecule has 0 aromatic heterocycles. The van der Waals surface area contributed by atoms with E-state index in [1.54, 1.807) is 0 Å². The lowest BCUT2D eigenvalue weighted by Gasteiger charge is -2.27. The third-order valence-corrected chi connectivity index (χ3v) is 3.21.